The molecule has 27 heavy (non-hydrogen) atoms. The highest BCUT2D eigenvalue weighted by atomic mass is 16.5. The van der Waals surface area contributed by atoms with Gasteiger partial charge in [-0.1, -0.05) is 19.3 Å². The molecule has 8 nitrogen and oxygen atoms in total. The monoisotopic (exact) mass is 379 g/mol. The van der Waals surface area contributed by atoms with Crippen LogP contribution < -0.4 is 10.6 Å². The minimum Gasteiger partial charge on any atom is -0.448 e. The van der Waals surface area contributed by atoms with Crippen molar-refractivity contribution >= 4 is 17.9 Å². The number of aryl methyl sites for hydroxylation is 1. The van der Waals surface area contributed by atoms with Gasteiger partial charge in [0.25, 0.3) is 5.91 Å². The zero-order valence-electron chi connectivity index (χ0n) is 16.3. The Kier molecular flexibility index (Phi) is 7.01. The van der Waals surface area contributed by atoms with E-state index in [2.05, 4.69) is 15.6 Å². The van der Waals surface area contributed by atoms with Crippen LogP contribution in [0.15, 0.2) is 0 Å². The summed E-state index contributed by atoms with van der Waals surface area (Å²) in [6, 6.07) is -0.495. The van der Waals surface area contributed by atoms with Gasteiger partial charge in [-0.3, -0.25) is 10.1 Å². The van der Waals surface area contributed by atoms with E-state index in [0.29, 0.717) is 16.8 Å². The lowest BCUT2D eigenvalue weighted by molar-refractivity contribution is -0.127. The lowest BCUT2D eigenvalue weighted by Gasteiger charge is -2.23. The van der Waals surface area contributed by atoms with Gasteiger partial charge in [-0.2, -0.15) is 0 Å². The van der Waals surface area contributed by atoms with Crippen LogP contribution in [0.1, 0.15) is 79.4 Å². The molecule has 2 rings (SSSR count). The van der Waals surface area contributed by atoms with E-state index in [4.69, 9.17) is 4.74 Å². The molecule has 0 saturated heterocycles. The number of aliphatic hydroxyl groups is 1. The topological polar surface area (TPSA) is 121 Å². The van der Waals surface area contributed by atoms with E-state index in [0.717, 1.165) is 25.7 Å². The molecule has 4 N–H and O–H groups in total. The highest BCUT2D eigenvalue weighted by molar-refractivity contribution is 5.98. The second kappa shape index (κ2) is 9.03. The van der Waals surface area contributed by atoms with E-state index in [1.165, 1.54) is 13.3 Å². The predicted octanol–water partition coefficient (Wildman–Crippen LogP) is 2.39. The first-order chi connectivity index (χ1) is 12.7. The average molecular weight is 379 g/mol. The van der Waals surface area contributed by atoms with Crippen LogP contribution >= 0.6 is 0 Å². The third-order valence-corrected chi connectivity index (χ3v) is 4.95. The van der Waals surface area contributed by atoms with Crippen LogP contribution in [0.4, 0.5) is 4.79 Å². The van der Waals surface area contributed by atoms with Gasteiger partial charge in [0.05, 0.1) is 6.10 Å². The molecular weight excluding hydrogens is 350 g/mol. The Bertz CT molecular complexity index is 704. The number of amides is 3. The lowest BCUT2D eigenvalue weighted by atomic mass is 9.96. The zero-order valence-corrected chi connectivity index (χ0v) is 16.3. The standard InChI is InChI=1S/C19H29N3O5/c1-10-15(12(3)23)11(2)20-16(10)18(25)27-13(4)17(24)22-19(26)21-14-8-6-5-7-9-14/h12-14,20,23H,5-9H2,1-4H3,(H2,21,22,24,26)/t12-,13+/m0/s1. The van der Waals surface area contributed by atoms with Crippen LogP contribution in [0, 0.1) is 13.8 Å². The Labute approximate surface area is 159 Å². The van der Waals surface area contributed by atoms with Crippen molar-refractivity contribution < 1.29 is 24.2 Å². The number of urea groups is 1. The summed E-state index contributed by atoms with van der Waals surface area (Å²) in [4.78, 5) is 39.3. The highest BCUT2D eigenvalue weighted by Gasteiger charge is 2.26. The number of hydrogen-bond donors (Lipinski definition) is 4. The summed E-state index contributed by atoms with van der Waals surface area (Å²) < 4.78 is 5.17. The maximum Gasteiger partial charge on any atom is 0.355 e. The van der Waals surface area contributed by atoms with Gasteiger partial charge in [-0.05, 0) is 46.1 Å². The van der Waals surface area contributed by atoms with Crippen LogP contribution in [-0.4, -0.2) is 40.1 Å². The van der Waals surface area contributed by atoms with Crippen molar-refractivity contribution in [2.75, 3.05) is 0 Å². The molecule has 1 saturated carbocycles. The summed E-state index contributed by atoms with van der Waals surface area (Å²) in [6.07, 6.45) is 3.25. The molecule has 1 aliphatic carbocycles. The second-order valence-electron chi connectivity index (χ2n) is 7.18. The SMILES string of the molecule is Cc1[nH]c(C(=O)O[C@H](C)C(=O)NC(=O)NC2CCCCC2)c(C)c1[C@H](C)O. The fourth-order valence-corrected chi connectivity index (χ4v) is 3.55. The van der Waals surface area contributed by atoms with Crippen molar-refractivity contribution in [2.24, 2.45) is 0 Å². The van der Waals surface area contributed by atoms with E-state index in [9.17, 15) is 19.5 Å². The fraction of sp³-hybridized carbons (Fsp3) is 0.632. The molecule has 8 heteroatoms. The Morgan fingerprint density at radius 1 is 1.15 bits per heavy atom. The summed E-state index contributed by atoms with van der Waals surface area (Å²) in [5.41, 5.74) is 2.06. The molecule has 0 bridgehead atoms. The summed E-state index contributed by atoms with van der Waals surface area (Å²) in [5, 5.41) is 14.8. The number of hydrogen-bond acceptors (Lipinski definition) is 5. The van der Waals surface area contributed by atoms with Gasteiger partial charge in [-0.15, -0.1) is 0 Å². The van der Waals surface area contributed by atoms with Gasteiger partial charge in [-0.25, -0.2) is 9.59 Å². The second-order valence-corrected chi connectivity index (χ2v) is 7.18. The van der Waals surface area contributed by atoms with E-state index in [-0.39, 0.29) is 11.7 Å². The first-order valence-electron chi connectivity index (χ1n) is 9.40. The Morgan fingerprint density at radius 3 is 2.33 bits per heavy atom. The first kappa shape index (κ1) is 21.0. The molecule has 1 aromatic heterocycles. The molecular formula is C19H29N3O5. The lowest BCUT2D eigenvalue weighted by Crippen LogP contribution is -2.48. The quantitative estimate of drug-likeness (QED) is 0.586. The van der Waals surface area contributed by atoms with E-state index in [1.807, 2.05) is 0 Å². The molecule has 1 aromatic rings. The first-order valence-corrected chi connectivity index (χ1v) is 9.40. The molecule has 1 aliphatic rings. The molecule has 1 heterocycles. The van der Waals surface area contributed by atoms with Gasteiger partial charge < -0.3 is 20.1 Å². The Morgan fingerprint density at radius 2 is 1.78 bits per heavy atom. The normalized spacial score (nSPS) is 17.1. The number of imide groups is 1. The number of H-pyrrole nitrogens is 1. The van der Waals surface area contributed by atoms with Crippen LogP contribution in [0.5, 0.6) is 0 Å². The van der Waals surface area contributed by atoms with Gasteiger partial charge in [0.2, 0.25) is 0 Å². The number of nitrogens with one attached hydrogen (secondary N) is 3. The maximum atomic E-state index is 12.4. The van der Waals surface area contributed by atoms with Crippen molar-refractivity contribution in [2.45, 2.75) is 78.0 Å². The summed E-state index contributed by atoms with van der Waals surface area (Å²) in [5.74, 6) is -1.40. The van der Waals surface area contributed by atoms with Gasteiger partial charge in [0, 0.05) is 17.3 Å². The number of aromatic nitrogens is 1. The van der Waals surface area contributed by atoms with Gasteiger partial charge in [0.15, 0.2) is 6.10 Å². The number of carbonyl (C=O) groups excluding carboxylic acids is 3. The summed E-state index contributed by atoms with van der Waals surface area (Å²) in [7, 11) is 0. The smallest absolute Gasteiger partial charge is 0.355 e. The summed E-state index contributed by atoms with van der Waals surface area (Å²) >= 11 is 0. The van der Waals surface area contributed by atoms with Gasteiger partial charge >= 0.3 is 12.0 Å². The third-order valence-electron chi connectivity index (χ3n) is 4.95. The fourth-order valence-electron chi connectivity index (χ4n) is 3.55. The molecule has 0 unspecified atom stereocenters. The van der Waals surface area contributed by atoms with Crippen LogP contribution in [0.3, 0.4) is 0 Å². The Hall–Kier alpha value is -2.35. The van der Waals surface area contributed by atoms with Crippen LogP contribution in [0.25, 0.3) is 0 Å². The van der Waals surface area contributed by atoms with Gasteiger partial charge in [0.1, 0.15) is 5.69 Å². The number of esters is 1. The molecule has 0 aliphatic heterocycles. The van der Waals surface area contributed by atoms with E-state index < -0.39 is 30.1 Å². The number of aromatic amines is 1. The minimum absolute atomic E-state index is 0.0767. The molecule has 3 amide bonds. The number of aliphatic hydroxyl groups excluding tert-OH is 1. The molecule has 0 aromatic carbocycles. The number of carbonyl (C=O) groups is 3. The third kappa shape index (κ3) is 5.32. The number of ether oxygens (including phenoxy) is 1. The molecule has 2 atom stereocenters. The van der Waals surface area contributed by atoms with Crippen LogP contribution in [0.2, 0.25) is 0 Å². The maximum absolute atomic E-state index is 12.4. The predicted molar refractivity (Wildman–Crippen MR) is 99.3 cm³/mol. The van der Waals surface area contributed by atoms with Crippen molar-refractivity contribution in [3.63, 3.8) is 0 Å². The van der Waals surface area contributed by atoms with Crippen LogP contribution in [-0.2, 0) is 9.53 Å². The summed E-state index contributed by atoms with van der Waals surface area (Å²) in [6.45, 7) is 6.46. The van der Waals surface area contributed by atoms with E-state index >= 15 is 0 Å². The largest absolute Gasteiger partial charge is 0.448 e. The Balaban J connectivity index is 1.91. The molecule has 0 spiro atoms. The van der Waals surface area contributed by atoms with Crippen molar-refractivity contribution in [3.8, 4) is 0 Å². The average Bonchev–Trinajstić information content (AvgIpc) is 2.90. The molecule has 1 fully saturated rings. The molecule has 150 valence electrons. The van der Waals surface area contributed by atoms with E-state index in [1.54, 1.807) is 20.8 Å². The highest BCUT2D eigenvalue weighted by Crippen LogP contribution is 2.25. The van der Waals surface area contributed by atoms with Crippen molar-refractivity contribution in [1.29, 1.82) is 0 Å². The number of rotatable bonds is 5. The van der Waals surface area contributed by atoms with Crippen molar-refractivity contribution in [3.05, 3.63) is 22.5 Å². The molecule has 0 radical (unpaired) electrons. The zero-order chi connectivity index (χ0) is 20.1. The van der Waals surface area contributed by atoms with Crippen molar-refractivity contribution in [1.82, 2.24) is 15.6 Å². The minimum atomic E-state index is -1.13.